The van der Waals surface area contributed by atoms with E-state index in [1.165, 1.54) is 0 Å². The van der Waals surface area contributed by atoms with Crippen LogP contribution in [0.1, 0.15) is 37.3 Å². The fourth-order valence-electron chi connectivity index (χ4n) is 3.93. The zero-order valence-electron chi connectivity index (χ0n) is 15.0. The van der Waals surface area contributed by atoms with Gasteiger partial charge in [-0.3, -0.25) is 4.79 Å². The molecule has 1 heterocycles. The highest BCUT2D eigenvalue weighted by atomic mass is 16.4. The summed E-state index contributed by atoms with van der Waals surface area (Å²) in [6.45, 7) is -0.0195. The molecular formula is C21H23N3O3. The molecule has 1 aromatic heterocycles. The first-order valence-electron chi connectivity index (χ1n) is 9.32. The summed E-state index contributed by atoms with van der Waals surface area (Å²) in [5.41, 5.74) is 3.63. The SMILES string of the molecule is O=C(O)C1CCC(n2c(Nc3ccccc3)nc3ccc(CO)cc32)CC1. The van der Waals surface area contributed by atoms with Gasteiger partial charge < -0.3 is 20.1 Å². The normalized spacial score (nSPS) is 19.9. The van der Waals surface area contributed by atoms with Gasteiger partial charge in [-0.1, -0.05) is 24.3 Å². The van der Waals surface area contributed by atoms with E-state index in [0.29, 0.717) is 12.8 Å². The highest BCUT2D eigenvalue weighted by Crippen LogP contribution is 2.37. The second-order valence-electron chi connectivity index (χ2n) is 7.12. The highest BCUT2D eigenvalue weighted by Gasteiger charge is 2.29. The molecular weight excluding hydrogens is 342 g/mol. The van der Waals surface area contributed by atoms with Crippen LogP contribution in [0.3, 0.4) is 0 Å². The molecule has 1 fully saturated rings. The number of hydrogen-bond acceptors (Lipinski definition) is 4. The van der Waals surface area contributed by atoms with Gasteiger partial charge in [0.2, 0.25) is 5.95 Å². The first-order chi connectivity index (χ1) is 13.2. The van der Waals surface area contributed by atoms with Crippen molar-refractivity contribution in [2.24, 2.45) is 5.92 Å². The van der Waals surface area contributed by atoms with Crippen molar-refractivity contribution in [2.45, 2.75) is 38.3 Å². The van der Waals surface area contributed by atoms with Crippen LogP contribution in [0.5, 0.6) is 0 Å². The fourth-order valence-corrected chi connectivity index (χ4v) is 3.93. The summed E-state index contributed by atoms with van der Waals surface area (Å²) in [5.74, 6) is -0.200. The Morgan fingerprint density at radius 1 is 1.11 bits per heavy atom. The van der Waals surface area contributed by atoms with E-state index in [4.69, 9.17) is 4.98 Å². The van der Waals surface area contributed by atoms with E-state index in [1.807, 2.05) is 48.5 Å². The smallest absolute Gasteiger partial charge is 0.306 e. The number of aliphatic hydroxyl groups excluding tert-OH is 1. The number of fused-ring (bicyclic) bond motifs is 1. The van der Waals surface area contributed by atoms with Crippen molar-refractivity contribution >= 4 is 28.6 Å². The molecule has 6 nitrogen and oxygen atoms in total. The predicted molar refractivity (Wildman–Crippen MR) is 104 cm³/mol. The van der Waals surface area contributed by atoms with E-state index in [1.54, 1.807) is 0 Å². The summed E-state index contributed by atoms with van der Waals surface area (Å²) in [6.07, 6.45) is 2.94. The first-order valence-corrected chi connectivity index (χ1v) is 9.32. The molecule has 0 aliphatic heterocycles. The van der Waals surface area contributed by atoms with Crippen LogP contribution in [-0.4, -0.2) is 25.7 Å². The van der Waals surface area contributed by atoms with Gasteiger partial charge >= 0.3 is 5.97 Å². The quantitative estimate of drug-likeness (QED) is 0.634. The Hall–Kier alpha value is -2.86. The molecule has 1 aliphatic carbocycles. The minimum atomic E-state index is -0.700. The maximum atomic E-state index is 11.3. The summed E-state index contributed by atoms with van der Waals surface area (Å²) >= 11 is 0. The van der Waals surface area contributed by atoms with Crippen LogP contribution in [0.2, 0.25) is 0 Å². The second-order valence-corrected chi connectivity index (χ2v) is 7.12. The molecule has 0 radical (unpaired) electrons. The average Bonchev–Trinajstić information content (AvgIpc) is 3.05. The van der Waals surface area contributed by atoms with Gasteiger partial charge in [0.1, 0.15) is 0 Å². The van der Waals surface area contributed by atoms with Crippen molar-refractivity contribution in [3.63, 3.8) is 0 Å². The maximum Gasteiger partial charge on any atom is 0.306 e. The molecule has 140 valence electrons. The molecule has 0 unspecified atom stereocenters. The van der Waals surface area contributed by atoms with E-state index in [2.05, 4.69) is 9.88 Å². The fraction of sp³-hybridized carbons (Fsp3) is 0.333. The average molecular weight is 365 g/mol. The summed E-state index contributed by atoms with van der Waals surface area (Å²) in [7, 11) is 0. The summed E-state index contributed by atoms with van der Waals surface area (Å²) in [5, 5.41) is 22.2. The van der Waals surface area contributed by atoms with Gasteiger partial charge in [-0.2, -0.15) is 0 Å². The number of nitrogens with zero attached hydrogens (tertiary/aromatic N) is 2. The van der Waals surface area contributed by atoms with Crippen LogP contribution in [0, 0.1) is 5.92 Å². The third-order valence-corrected chi connectivity index (χ3v) is 5.38. The molecule has 2 aromatic carbocycles. The molecule has 0 amide bonds. The van der Waals surface area contributed by atoms with Crippen molar-refractivity contribution in [1.29, 1.82) is 0 Å². The van der Waals surface area contributed by atoms with Gasteiger partial charge in [-0.15, -0.1) is 0 Å². The summed E-state index contributed by atoms with van der Waals surface area (Å²) < 4.78 is 2.18. The van der Waals surface area contributed by atoms with Crippen molar-refractivity contribution in [3.05, 3.63) is 54.1 Å². The molecule has 1 saturated carbocycles. The lowest BCUT2D eigenvalue weighted by molar-refractivity contribution is -0.143. The van der Waals surface area contributed by atoms with Crippen LogP contribution in [0.15, 0.2) is 48.5 Å². The summed E-state index contributed by atoms with van der Waals surface area (Å²) in [4.78, 5) is 16.1. The number of carboxylic acids is 1. The Balaban J connectivity index is 1.73. The van der Waals surface area contributed by atoms with Gasteiger partial charge in [-0.05, 0) is 55.5 Å². The van der Waals surface area contributed by atoms with Gasteiger partial charge in [-0.25, -0.2) is 4.98 Å². The van der Waals surface area contributed by atoms with Gasteiger partial charge in [0, 0.05) is 11.7 Å². The molecule has 6 heteroatoms. The number of aromatic nitrogens is 2. The van der Waals surface area contributed by atoms with E-state index in [-0.39, 0.29) is 18.6 Å². The standard InChI is InChI=1S/C21H23N3O3/c25-13-14-6-11-18-19(12-14)24(17-9-7-15(8-10-17)20(26)27)21(23-18)22-16-4-2-1-3-5-16/h1-6,11-12,15,17,25H,7-10,13H2,(H,22,23)(H,26,27). The number of rotatable bonds is 5. The highest BCUT2D eigenvalue weighted by molar-refractivity contribution is 5.81. The lowest BCUT2D eigenvalue weighted by atomic mass is 9.86. The molecule has 3 aromatic rings. The zero-order chi connectivity index (χ0) is 18.8. The van der Waals surface area contributed by atoms with Gasteiger partial charge in [0.25, 0.3) is 0 Å². The van der Waals surface area contributed by atoms with Gasteiger partial charge in [0.05, 0.1) is 23.6 Å². The number of hydrogen-bond donors (Lipinski definition) is 3. The third kappa shape index (κ3) is 3.53. The number of benzene rings is 2. The van der Waals surface area contributed by atoms with E-state index in [9.17, 15) is 15.0 Å². The number of carbonyl (C=O) groups is 1. The maximum absolute atomic E-state index is 11.3. The van der Waals surface area contributed by atoms with E-state index in [0.717, 1.165) is 41.1 Å². The number of nitrogens with one attached hydrogen (secondary N) is 1. The molecule has 27 heavy (non-hydrogen) atoms. The largest absolute Gasteiger partial charge is 0.481 e. The topological polar surface area (TPSA) is 87.4 Å². The minimum Gasteiger partial charge on any atom is -0.481 e. The van der Waals surface area contributed by atoms with Crippen molar-refractivity contribution < 1.29 is 15.0 Å². The third-order valence-electron chi connectivity index (χ3n) is 5.38. The summed E-state index contributed by atoms with van der Waals surface area (Å²) in [6, 6.07) is 15.9. The van der Waals surface area contributed by atoms with Crippen LogP contribution in [-0.2, 0) is 11.4 Å². The van der Waals surface area contributed by atoms with Crippen LogP contribution < -0.4 is 5.32 Å². The Bertz CT molecular complexity index is 944. The lowest BCUT2D eigenvalue weighted by Gasteiger charge is -2.29. The van der Waals surface area contributed by atoms with E-state index >= 15 is 0 Å². The molecule has 0 atom stereocenters. The molecule has 4 rings (SSSR count). The van der Waals surface area contributed by atoms with Crippen LogP contribution in [0.25, 0.3) is 11.0 Å². The minimum absolute atomic E-state index is 0.0195. The molecule has 3 N–H and O–H groups in total. The monoisotopic (exact) mass is 365 g/mol. The molecule has 0 saturated heterocycles. The van der Waals surface area contributed by atoms with Gasteiger partial charge in [0.15, 0.2) is 0 Å². The Labute approximate surface area is 157 Å². The first kappa shape index (κ1) is 17.5. The van der Waals surface area contributed by atoms with Crippen molar-refractivity contribution in [2.75, 3.05) is 5.32 Å². The Kier molecular flexibility index (Phi) is 4.81. The lowest BCUT2D eigenvalue weighted by Crippen LogP contribution is -2.24. The Morgan fingerprint density at radius 2 is 1.85 bits per heavy atom. The van der Waals surface area contributed by atoms with Crippen molar-refractivity contribution in [1.82, 2.24) is 9.55 Å². The predicted octanol–water partition coefficient (Wildman–Crippen LogP) is 4.09. The number of aliphatic carboxylic acids is 1. The second kappa shape index (κ2) is 7.40. The number of imidazole rings is 1. The van der Waals surface area contributed by atoms with Crippen molar-refractivity contribution in [3.8, 4) is 0 Å². The molecule has 0 bridgehead atoms. The van der Waals surface area contributed by atoms with Crippen LogP contribution in [0.4, 0.5) is 11.6 Å². The number of anilines is 2. The number of aliphatic hydroxyl groups is 1. The zero-order valence-corrected chi connectivity index (χ0v) is 15.0. The van der Waals surface area contributed by atoms with Crippen LogP contribution >= 0.6 is 0 Å². The number of carboxylic acid groups (broad SMARTS) is 1. The Morgan fingerprint density at radius 3 is 2.52 bits per heavy atom. The molecule has 0 spiro atoms. The van der Waals surface area contributed by atoms with E-state index < -0.39 is 5.97 Å². The number of para-hydroxylation sites is 1. The molecule has 1 aliphatic rings.